The quantitative estimate of drug-likeness (QED) is 0.206. The topological polar surface area (TPSA) is 53.2 Å². The average molecular weight is 463 g/mol. The number of hydrogen-bond donors (Lipinski definition) is 0. The van der Waals surface area contributed by atoms with E-state index >= 15 is 0 Å². The Bertz CT molecular complexity index is 1250. The van der Waals surface area contributed by atoms with Crippen molar-refractivity contribution < 1.29 is 4.79 Å². The van der Waals surface area contributed by atoms with Gasteiger partial charge in [0.15, 0.2) is 5.78 Å². The van der Waals surface area contributed by atoms with Crippen LogP contribution in [0.4, 0.5) is 0 Å². The number of carbonyl (C=O) groups is 1. The first-order valence-electron chi connectivity index (χ1n) is 11.1. The van der Waals surface area contributed by atoms with E-state index in [0.29, 0.717) is 10.6 Å². The minimum Gasteiger partial charge on any atom is -0.294 e. The van der Waals surface area contributed by atoms with E-state index in [1.807, 2.05) is 91.0 Å². The molecule has 0 spiro atoms. The Balaban J connectivity index is 1.76. The highest BCUT2D eigenvalue weighted by Gasteiger charge is 2.27. The van der Waals surface area contributed by atoms with Gasteiger partial charge >= 0.3 is 0 Å². The molecule has 4 heteroatoms. The van der Waals surface area contributed by atoms with E-state index in [1.54, 1.807) is 24.3 Å². The van der Waals surface area contributed by atoms with E-state index in [4.69, 9.17) is 16.6 Å². The summed E-state index contributed by atoms with van der Waals surface area (Å²) in [6, 6.07) is 37.8. The van der Waals surface area contributed by atoms with Gasteiger partial charge in [-0.15, -0.1) is 0 Å². The van der Waals surface area contributed by atoms with Gasteiger partial charge in [-0.1, -0.05) is 103 Å². The van der Waals surface area contributed by atoms with Crippen molar-refractivity contribution in [1.29, 1.82) is 5.26 Å². The number of hydrogen-bond acceptors (Lipinski definition) is 3. The van der Waals surface area contributed by atoms with Crippen molar-refractivity contribution in [1.82, 2.24) is 0 Å². The van der Waals surface area contributed by atoms with Crippen LogP contribution in [0, 0.1) is 11.3 Å². The SMILES string of the molecule is N#C[C@H](N=C(c1ccccc1)c1ccccc1)[C@@H](CC(=O)c1ccc(Cl)cc1)c1ccccc1. The summed E-state index contributed by atoms with van der Waals surface area (Å²) < 4.78 is 0. The van der Waals surface area contributed by atoms with Gasteiger partial charge in [-0.3, -0.25) is 9.79 Å². The second-order valence-electron chi connectivity index (χ2n) is 7.94. The first-order chi connectivity index (χ1) is 16.7. The molecular formula is C30H23ClN2O. The molecule has 0 saturated heterocycles. The van der Waals surface area contributed by atoms with Crippen molar-refractivity contribution in [3.05, 3.63) is 143 Å². The van der Waals surface area contributed by atoms with Crippen LogP contribution < -0.4 is 0 Å². The molecule has 4 aromatic carbocycles. The molecule has 0 amide bonds. The number of rotatable bonds is 8. The van der Waals surface area contributed by atoms with E-state index in [2.05, 4.69) is 6.07 Å². The van der Waals surface area contributed by atoms with Crippen LogP contribution in [0.1, 0.15) is 39.4 Å². The van der Waals surface area contributed by atoms with E-state index in [0.717, 1.165) is 22.4 Å². The molecule has 0 heterocycles. The fourth-order valence-corrected chi connectivity index (χ4v) is 4.05. The third-order valence-corrected chi connectivity index (χ3v) is 5.93. The minimum absolute atomic E-state index is 0.0538. The van der Waals surface area contributed by atoms with Gasteiger partial charge in [0, 0.05) is 34.1 Å². The molecule has 0 aliphatic rings. The molecule has 0 fully saturated rings. The van der Waals surface area contributed by atoms with Gasteiger partial charge in [0.05, 0.1) is 11.8 Å². The zero-order valence-electron chi connectivity index (χ0n) is 18.5. The third-order valence-electron chi connectivity index (χ3n) is 5.68. The molecule has 3 nitrogen and oxygen atoms in total. The maximum Gasteiger partial charge on any atom is 0.163 e. The summed E-state index contributed by atoms with van der Waals surface area (Å²) in [5, 5.41) is 10.8. The Hall–Kier alpha value is -4.00. The summed E-state index contributed by atoms with van der Waals surface area (Å²) in [7, 11) is 0. The van der Waals surface area contributed by atoms with Gasteiger partial charge in [0.25, 0.3) is 0 Å². The number of halogens is 1. The molecule has 0 aromatic heterocycles. The van der Waals surface area contributed by atoms with Gasteiger partial charge in [0.2, 0.25) is 0 Å². The van der Waals surface area contributed by atoms with Crippen LogP contribution >= 0.6 is 11.6 Å². The number of nitrogens with zero attached hydrogens (tertiary/aromatic N) is 2. The molecule has 166 valence electrons. The van der Waals surface area contributed by atoms with Crippen LogP contribution in [0.25, 0.3) is 0 Å². The monoisotopic (exact) mass is 462 g/mol. The van der Waals surface area contributed by atoms with Crippen molar-refractivity contribution in [3.63, 3.8) is 0 Å². The molecule has 4 aromatic rings. The van der Waals surface area contributed by atoms with Crippen LogP contribution in [0.3, 0.4) is 0 Å². The second kappa shape index (κ2) is 11.2. The Morgan fingerprint density at radius 3 is 1.74 bits per heavy atom. The average Bonchev–Trinajstić information content (AvgIpc) is 2.90. The zero-order chi connectivity index (χ0) is 23.8. The van der Waals surface area contributed by atoms with Crippen LogP contribution in [-0.4, -0.2) is 17.5 Å². The molecule has 0 unspecified atom stereocenters. The molecule has 0 aliphatic heterocycles. The molecule has 0 bridgehead atoms. The Kier molecular flexibility index (Phi) is 7.65. The largest absolute Gasteiger partial charge is 0.294 e. The smallest absolute Gasteiger partial charge is 0.163 e. The molecule has 0 radical (unpaired) electrons. The van der Waals surface area contributed by atoms with Crippen molar-refractivity contribution in [2.45, 2.75) is 18.4 Å². The van der Waals surface area contributed by atoms with Gasteiger partial charge in [-0.25, -0.2) is 0 Å². The summed E-state index contributed by atoms with van der Waals surface area (Å²) in [6.07, 6.45) is 0.157. The number of nitriles is 1. The van der Waals surface area contributed by atoms with E-state index in [9.17, 15) is 10.1 Å². The number of carbonyl (C=O) groups excluding carboxylic acids is 1. The summed E-state index contributed by atoms with van der Waals surface area (Å²) in [4.78, 5) is 18.1. The summed E-state index contributed by atoms with van der Waals surface area (Å²) >= 11 is 5.99. The first-order valence-corrected chi connectivity index (χ1v) is 11.5. The molecule has 0 aliphatic carbocycles. The maximum atomic E-state index is 13.2. The predicted octanol–water partition coefficient (Wildman–Crippen LogP) is 7.13. The Morgan fingerprint density at radius 2 is 1.24 bits per heavy atom. The lowest BCUT2D eigenvalue weighted by Crippen LogP contribution is -2.21. The Labute approximate surface area is 205 Å². The normalized spacial score (nSPS) is 12.2. The maximum absolute atomic E-state index is 13.2. The highest BCUT2D eigenvalue weighted by Crippen LogP contribution is 2.29. The van der Waals surface area contributed by atoms with Crippen molar-refractivity contribution in [3.8, 4) is 6.07 Å². The van der Waals surface area contributed by atoms with Crippen molar-refractivity contribution in [2.75, 3.05) is 0 Å². The van der Waals surface area contributed by atoms with Crippen LogP contribution in [-0.2, 0) is 0 Å². The van der Waals surface area contributed by atoms with Gasteiger partial charge in [0.1, 0.15) is 6.04 Å². The number of benzene rings is 4. The molecule has 0 N–H and O–H groups in total. The molecular weight excluding hydrogens is 440 g/mol. The molecule has 4 rings (SSSR count). The molecule has 0 saturated carbocycles. The fraction of sp³-hybridized carbons (Fsp3) is 0.100. The minimum atomic E-state index is -0.755. The van der Waals surface area contributed by atoms with Crippen LogP contribution in [0.15, 0.2) is 120 Å². The van der Waals surface area contributed by atoms with Crippen molar-refractivity contribution in [2.24, 2.45) is 4.99 Å². The molecule has 2 atom stereocenters. The third kappa shape index (κ3) is 5.67. The lowest BCUT2D eigenvalue weighted by atomic mass is 9.86. The fourth-order valence-electron chi connectivity index (χ4n) is 3.92. The predicted molar refractivity (Wildman–Crippen MR) is 138 cm³/mol. The van der Waals surface area contributed by atoms with Crippen molar-refractivity contribution >= 4 is 23.1 Å². The lowest BCUT2D eigenvalue weighted by Gasteiger charge is -2.21. The van der Waals surface area contributed by atoms with Gasteiger partial charge in [-0.05, 0) is 29.8 Å². The standard InChI is InChI=1S/C30H23ClN2O/c31-26-18-16-23(17-19-26)29(34)20-27(22-10-4-1-5-11-22)28(21-32)33-30(24-12-6-2-7-13-24)25-14-8-3-9-15-25/h1-19,27-28H,20H2/t27-,28-/m0/s1. The van der Waals surface area contributed by atoms with E-state index in [-0.39, 0.29) is 12.2 Å². The second-order valence-corrected chi connectivity index (χ2v) is 8.37. The summed E-state index contributed by atoms with van der Waals surface area (Å²) in [6.45, 7) is 0. The van der Waals surface area contributed by atoms with Crippen LogP contribution in [0.5, 0.6) is 0 Å². The van der Waals surface area contributed by atoms with E-state index < -0.39 is 12.0 Å². The van der Waals surface area contributed by atoms with Crippen LogP contribution in [0.2, 0.25) is 5.02 Å². The number of Topliss-reactive ketones (excluding diaryl/α,β-unsaturated/α-hetero) is 1. The number of ketones is 1. The van der Waals surface area contributed by atoms with E-state index in [1.165, 1.54) is 0 Å². The van der Waals surface area contributed by atoms with Gasteiger partial charge < -0.3 is 0 Å². The highest BCUT2D eigenvalue weighted by atomic mass is 35.5. The first kappa shape index (κ1) is 23.2. The zero-order valence-corrected chi connectivity index (χ0v) is 19.3. The molecule has 34 heavy (non-hydrogen) atoms. The summed E-state index contributed by atoms with van der Waals surface area (Å²) in [5.41, 5.74) is 4.04. The lowest BCUT2D eigenvalue weighted by molar-refractivity contribution is 0.0972. The number of aliphatic imine (C=N–C) groups is 1. The highest BCUT2D eigenvalue weighted by molar-refractivity contribution is 6.30. The Morgan fingerprint density at radius 1 is 0.735 bits per heavy atom. The van der Waals surface area contributed by atoms with Gasteiger partial charge in [-0.2, -0.15) is 5.26 Å². The summed E-state index contributed by atoms with van der Waals surface area (Å²) in [5.74, 6) is -0.459.